The van der Waals surface area contributed by atoms with Gasteiger partial charge in [-0.15, -0.1) is 0 Å². The van der Waals surface area contributed by atoms with Crippen molar-refractivity contribution in [1.29, 1.82) is 0 Å². The Morgan fingerprint density at radius 1 is 1.47 bits per heavy atom. The van der Waals surface area contributed by atoms with E-state index < -0.39 is 5.60 Å². The minimum absolute atomic E-state index is 0.452. The molecule has 0 radical (unpaired) electrons. The molecule has 0 aliphatic carbocycles. The molecule has 15 heavy (non-hydrogen) atoms. The number of nitrogens with zero attached hydrogens (tertiary/aromatic N) is 1. The van der Waals surface area contributed by atoms with Crippen molar-refractivity contribution < 1.29 is 5.11 Å². The highest BCUT2D eigenvalue weighted by atomic mass is 32.1. The predicted octanol–water partition coefficient (Wildman–Crippen LogP) is 2.14. The van der Waals surface area contributed by atoms with Gasteiger partial charge in [-0.05, 0) is 41.8 Å². The second kappa shape index (κ2) is 4.64. The number of piperidine rings is 1. The Morgan fingerprint density at radius 3 is 2.73 bits per heavy atom. The molecule has 0 saturated carbocycles. The summed E-state index contributed by atoms with van der Waals surface area (Å²) in [7, 11) is 0. The van der Waals surface area contributed by atoms with Gasteiger partial charge in [-0.2, -0.15) is 11.3 Å². The van der Waals surface area contributed by atoms with Crippen LogP contribution in [0.2, 0.25) is 0 Å². The van der Waals surface area contributed by atoms with Gasteiger partial charge in [0.2, 0.25) is 0 Å². The molecule has 0 amide bonds. The van der Waals surface area contributed by atoms with E-state index in [4.69, 9.17) is 0 Å². The van der Waals surface area contributed by atoms with Crippen LogP contribution in [0.15, 0.2) is 16.8 Å². The van der Waals surface area contributed by atoms with Crippen LogP contribution in [-0.2, 0) is 6.42 Å². The fourth-order valence-electron chi connectivity index (χ4n) is 2.24. The van der Waals surface area contributed by atoms with Crippen molar-refractivity contribution in [2.45, 2.75) is 31.8 Å². The first-order valence-electron chi connectivity index (χ1n) is 5.68. The van der Waals surface area contributed by atoms with Gasteiger partial charge in [0.15, 0.2) is 0 Å². The van der Waals surface area contributed by atoms with E-state index in [0.29, 0.717) is 0 Å². The molecule has 0 atom stereocenters. The molecule has 84 valence electrons. The van der Waals surface area contributed by atoms with Crippen LogP contribution in [0.4, 0.5) is 0 Å². The number of rotatable bonds is 3. The van der Waals surface area contributed by atoms with Crippen molar-refractivity contribution >= 4 is 11.3 Å². The van der Waals surface area contributed by atoms with E-state index in [9.17, 15) is 5.11 Å². The summed E-state index contributed by atoms with van der Waals surface area (Å²) in [5.41, 5.74) is 0.833. The first-order valence-corrected chi connectivity index (χ1v) is 6.62. The van der Waals surface area contributed by atoms with Crippen LogP contribution in [0.3, 0.4) is 0 Å². The van der Waals surface area contributed by atoms with Crippen molar-refractivity contribution in [2.75, 3.05) is 19.6 Å². The smallest absolute Gasteiger partial charge is 0.0712 e. The first kappa shape index (κ1) is 11.1. The summed E-state index contributed by atoms with van der Waals surface area (Å²) in [5.74, 6) is 0. The van der Waals surface area contributed by atoms with E-state index in [-0.39, 0.29) is 0 Å². The molecule has 2 heterocycles. The Morgan fingerprint density at radius 2 is 2.20 bits per heavy atom. The first-order chi connectivity index (χ1) is 7.22. The zero-order chi connectivity index (χ0) is 10.7. The molecule has 1 N–H and O–H groups in total. The van der Waals surface area contributed by atoms with Crippen LogP contribution in [0.5, 0.6) is 0 Å². The summed E-state index contributed by atoms with van der Waals surface area (Å²) in [4.78, 5) is 2.40. The quantitative estimate of drug-likeness (QED) is 0.852. The molecule has 2 nitrogen and oxygen atoms in total. The average Bonchev–Trinajstić information content (AvgIpc) is 2.71. The zero-order valence-corrected chi connectivity index (χ0v) is 10.1. The lowest BCUT2D eigenvalue weighted by atomic mass is 9.86. The van der Waals surface area contributed by atoms with Gasteiger partial charge in [0.1, 0.15) is 0 Å². The van der Waals surface area contributed by atoms with E-state index >= 15 is 0 Å². The highest BCUT2D eigenvalue weighted by Gasteiger charge is 2.31. The minimum atomic E-state index is -0.452. The van der Waals surface area contributed by atoms with Crippen molar-refractivity contribution in [1.82, 2.24) is 4.90 Å². The fourth-order valence-corrected chi connectivity index (χ4v) is 2.90. The molecule has 0 spiro atoms. The van der Waals surface area contributed by atoms with E-state index in [1.807, 2.05) is 0 Å². The fraction of sp³-hybridized carbons (Fsp3) is 0.667. The normalized spacial score (nSPS) is 21.7. The second-order valence-corrected chi connectivity index (χ2v) is 5.25. The minimum Gasteiger partial charge on any atom is -0.389 e. The topological polar surface area (TPSA) is 23.5 Å². The largest absolute Gasteiger partial charge is 0.389 e. The number of aliphatic hydroxyl groups is 1. The molecular weight excluding hydrogens is 206 g/mol. The molecule has 0 unspecified atom stereocenters. The maximum absolute atomic E-state index is 10.4. The van der Waals surface area contributed by atoms with E-state index in [1.54, 1.807) is 11.3 Å². The van der Waals surface area contributed by atoms with Gasteiger partial charge in [0.05, 0.1) is 5.60 Å². The summed E-state index contributed by atoms with van der Waals surface area (Å²) >= 11 is 1.71. The molecule has 1 fully saturated rings. The molecule has 1 aromatic rings. The second-order valence-electron chi connectivity index (χ2n) is 4.47. The molecule has 2 rings (SSSR count). The third-order valence-electron chi connectivity index (χ3n) is 3.35. The number of thiophene rings is 1. The monoisotopic (exact) mass is 225 g/mol. The molecular formula is C12H19NOS. The lowest BCUT2D eigenvalue weighted by Crippen LogP contribution is -2.45. The third kappa shape index (κ3) is 2.80. The van der Waals surface area contributed by atoms with E-state index in [1.165, 1.54) is 5.56 Å². The molecule has 0 bridgehead atoms. The number of hydrogen-bond acceptors (Lipinski definition) is 3. The van der Waals surface area contributed by atoms with Crippen molar-refractivity contribution in [3.63, 3.8) is 0 Å². The molecule has 1 aliphatic heterocycles. The maximum atomic E-state index is 10.4. The van der Waals surface area contributed by atoms with E-state index in [2.05, 4.69) is 28.7 Å². The maximum Gasteiger partial charge on any atom is 0.0712 e. The van der Waals surface area contributed by atoms with Gasteiger partial charge < -0.3 is 10.0 Å². The van der Waals surface area contributed by atoms with Gasteiger partial charge in [-0.1, -0.05) is 6.92 Å². The van der Waals surface area contributed by atoms with Crippen LogP contribution in [0.25, 0.3) is 0 Å². The zero-order valence-electron chi connectivity index (χ0n) is 9.28. The lowest BCUT2D eigenvalue weighted by Gasteiger charge is -2.37. The lowest BCUT2D eigenvalue weighted by molar-refractivity contribution is -0.0193. The highest BCUT2D eigenvalue weighted by Crippen LogP contribution is 2.26. The SMILES string of the molecule is CCN1CCC(O)(Cc2ccsc2)CC1. The van der Waals surface area contributed by atoms with Gasteiger partial charge in [-0.25, -0.2) is 0 Å². The van der Waals surface area contributed by atoms with Crippen LogP contribution < -0.4 is 0 Å². The third-order valence-corrected chi connectivity index (χ3v) is 4.08. The Labute approximate surface area is 95.5 Å². The Bertz CT molecular complexity index is 289. The molecule has 1 aliphatic rings. The Hall–Kier alpha value is -0.380. The van der Waals surface area contributed by atoms with Crippen molar-refractivity contribution in [3.05, 3.63) is 22.4 Å². The van der Waals surface area contributed by atoms with Crippen LogP contribution in [0, 0.1) is 0 Å². The summed E-state index contributed by atoms with van der Waals surface area (Å²) < 4.78 is 0. The number of hydrogen-bond donors (Lipinski definition) is 1. The highest BCUT2D eigenvalue weighted by molar-refractivity contribution is 7.07. The molecule has 1 aromatic heterocycles. The summed E-state index contributed by atoms with van der Waals surface area (Å²) in [6.07, 6.45) is 2.65. The Kier molecular flexibility index (Phi) is 3.44. The average molecular weight is 225 g/mol. The summed E-state index contributed by atoms with van der Waals surface area (Å²) in [6, 6.07) is 2.12. The van der Waals surface area contributed by atoms with Crippen LogP contribution in [-0.4, -0.2) is 35.2 Å². The summed E-state index contributed by atoms with van der Waals surface area (Å²) in [6.45, 7) is 5.37. The van der Waals surface area contributed by atoms with Crippen LogP contribution in [0.1, 0.15) is 25.3 Å². The van der Waals surface area contributed by atoms with Gasteiger partial charge >= 0.3 is 0 Å². The summed E-state index contributed by atoms with van der Waals surface area (Å²) in [5, 5.41) is 14.7. The van der Waals surface area contributed by atoms with Gasteiger partial charge in [0.25, 0.3) is 0 Å². The van der Waals surface area contributed by atoms with Crippen LogP contribution >= 0.6 is 11.3 Å². The molecule has 0 aromatic carbocycles. The van der Waals surface area contributed by atoms with E-state index in [0.717, 1.165) is 38.9 Å². The molecule has 3 heteroatoms. The van der Waals surface area contributed by atoms with Gasteiger partial charge in [0, 0.05) is 19.5 Å². The molecule has 1 saturated heterocycles. The van der Waals surface area contributed by atoms with Gasteiger partial charge in [-0.3, -0.25) is 0 Å². The predicted molar refractivity (Wildman–Crippen MR) is 64.3 cm³/mol. The van der Waals surface area contributed by atoms with Crippen molar-refractivity contribution in [3.8, 4) is 0 Å². The standard InChI is InChI=1S/C12H19NOS/c1-2-13-6-4-12(14,5-7-13)9-11-3-8-15-10-11/h3,8,10,14H,2,4-7,9H2,1H3. The number of likely N-dealkylation sites (tertiary alicyclic amines) is 1. The van der Waals surface area contributed by atoms with Crippen molar-refractivity contribution in [2.24, 2.45) is 0 Å². The Balaban J connectivity index is 1.92.